The topological polar surface area (TPSA) is 16.1 Å². The zero-order valence-corrected chi connectivity index (χ0v) is 9.98. The number of thiazole rings is 1. The molecule has 1 aliphatic rings. The summed E-state index contributed by atoms with van der Waals surface area (Å²) in [7, 11) is 0. The number of fused-ring (bicyclic) bond motifs is 1. The van der Waals surface area contributed by atoms with E-state index in [0.717, 1.165) is 6.42 Å². The lowest BCUT2D eigenvalue weighted by molar-refractivity contribution is 0.787. The van der Waals surface area contributed by atoms with Gasteiger partial charge >= 0.3 is 0 Å². The van der Waals surface area contributed by atoms with E-state index in [-0.39, 0.29) is 0 Å². The maximum absolute atomic E-state index is 4.59. The van der Waals surface area contributed by atoms with Gasteiger partial charge in [0.1, 0.15) is 5.00 Å². The van der Waals surface area contributed by atoms with Gasteiger partial charge in [-0.15, -0.1) is 11.3 Å². The molecule has 0 N–H and O–H groups in total. The molecule has 0 unspecified atom stereocenters. The number of hydrogen-bond donors (Lipinski definition) is 0. The van der Waals surface area contributed by atoms with E-state index in [0.29, 0.717) is 0 Å². The van der Waals surface area contributed by atoms with Gasteiger partial charge < -0.3 is 3.11 Å². The van der Waals surface area contributed by atoms with Crippen molar-refractivity contribution in [3.05, 3.63) is 10.7 Å². The van der Waals surface area contributed by atoms with Crippen LogP contribution in [0.3, 0.4) is 0 Å². The second kappa shape index (κ2) is 3.49. The molecule has 0 spiro atoms. The summed E-state index contributed by atoms with van der Waals surface area (Å²) in [6.07, 6.45) is 3.50. The highest BCUT2D eigenvalue weighted by molar-refractivity contribution is 14.1. The molecule has 2 heterocycles. The largest absolute Gasteiger partial charge is 0.305 e. The molecule has 2 rings (SSSR count). The fraction of sp³-hybridized carbons (Fsp3) is 0.625. The van der Waals surface area contributed by atoms with Crippen LogP contribution in [0.2, 0.25) is 0 Å². The molecular weight excluding hydrogens is 283 g/mol. The van der Waals surface area contributed by atoms with E-state index in [1.165, 1.54) is 35.1 Å². The molecule has 4 heteroatoms. The van der Waals surface area contributed by atoms with Crippen LogP contribution in [0.4, 0.5) is 5.00 Å². The standard InChI is InChI=1S/C8H11IN2S/c1-2-7-10-6-4-3-5-11(9)8(6)12-7/h2-5H2,1H3. The van der Waals surface area contributed by atoms with Crippen LogP contribution in [0, 0.1) is 0 Å². The molecule has 0 atom stereocenters. The van der Waals surface area contributed by atoms with Gasteiger partial charge in [-0.2, -0.15) is 0 Å². The lowest BCUT2D eigenvalue weighted by Crippen LogP contribution is -2.17. The molecule has 12 heavy (non-hydrogen) atoms. The third kappa shape index (κ3) is 1.46. The van der Waals surface area contributed by atoms with Gasteiger partial charge in [0.05, 0.1) is 33.6 Å². The van der Waals surface area contributed by atoms with E-state index < -0.39 is 0 Å². The van der Waals surface area contributed by atoms with Crippen molar-refractivity contribution in [3.63, 3.8) is 0 Å². The minimum Gasteiger partial charge on any atom is -0.305 e. The SMILES string of the molecule is CCc1nc2c(s1)N(I)CCC2. The molecule has 2 nitrogen and oxygen atoms in total. The number of nitrogens with zero attached hydrogens (tertiary/aromatic N) is 2. The molecule has 0 aliphatic carbocycles. The summed E-state index contributed by atoms with van der Waals surface area (Å²) in [5.41, 5.74) is 1.32. The minimum atomic E-state index is 1.07. The van der Waals surface area contributed by atoms with E-state index in [2.05, 4.69) is 37.9 Å². The van der Waals surface area contributed by atoms with Crippen molar-refractivity contribution in [2.45, 2.75) is 26.2 Å². The molecule has 0 saturated carbocycles. The first-order chi connectivity index (χ1) is 5.81. The van der Waals surface area contributed by atoms with Crippen molar-refractivity contribution in [1.29, 1.82) is 0 Å². The van der Waals surface area contributed by atoms with Gasteiger partial charge in [0.25, 0.3) is 0 Å². The van der Waals surface area contributed by atoms with Crippen LogP contribution in [0.25, 0.3) is 0 Å². The third-order valence-corrected chi connectivity index (χ3v) is 4.57. The van der Waals surface area contributed by atoms with E-state index in [1.54, 1.807) is 0 Å². The zero-order valence-electron chi connectivity index (χ0n) is 7.01. The van der Waals surface area contributed by atoms with Crippen molar-refractivity contribution >= 4 is 39.2 Å². The molecule has 1 aromatic heterocycles. The van der Waals surface area contributed by atoms with Gasteiger partial charge in [-0.3, -0.25) is 0 Å². The third-order valence-electron chi connectivity index (χ3n) is 2.01. The van der Waals surface area contributed by atoms with Crippen LogP contribution in [0.1, 0.15) is 24.0 Å². The van der Waals surface area contributed by atoms with Crippen LogP contribution in [0.5, 0.6) is 0 Å². The second-order valence-corrected chi connectivity index (χ2v) is 5.13. The Balaban J connectivity index is 2.37. The molecule has 0 saturated heterocycles. The summed E-state index contributed by atoms with van der Waals surface area (Å²) in [5, 5.41) is 2.67. The van der Waals surface area contributed by atoms with Crippen molar-refractivity contribution in [2.75, 3.05) is 9.66 Å². The zero-order chi connectivity index (χ0) is 8.55. The van der Waals surface area contributed by atoms with Crippen LogP contribution >= 0.6 is 34.2 Å². The first kappa shape index (κ1) is 8.74. The highest BCUT2D eigenvalue weighted by atomic mass is 127. The predicted molar refractivity (Wildman–Crippen MR) is 61.2 cm³/mol. The molecule has 66 valence electrons. The molecule has 1 aliphatic heterocycles. The monoisotopic (exact) mass is 294 g/mol. The summed E-state index contributed by atoms with van der Waals surface area (Å²) >= 11 is 4.23. The quantitative estimate of drug-likeness (QED) is 0.585. The Labute approximate surface area is 90.5 Å². The van der Waals surface area contributed by atoms with E-state index in [4.69, 9.17) is 0 Å². The second-order valence-electron chi connectivity index (χ2n) is 2.90. The number of hydrogen-bond acceptors (Lipinski definition) is 3. The molecule has 0 radical (unpaired) electrons. The first-order valence-electron chi connectivity index (χ1n) is 4.23. The van der Waals surface area contributed by atoms with Crippen molar-refractivity contribution < 1.29 is 0 Å². The van der Waals surface area contributed by atoms with Crippen LogP contribution in [-0.2, 0) is 12.8 Å². The van der Waals surface area contributed by atoms with Gasteiger partial charge in [0.15, 0.2) is 0 Å². The van der Waals surface area contributed by atoms with Crippen molar-refractivity contribution in [2.24, 2.45) is 0 Å². The molecule has 1 aromatic rings. The summed E-state index contributed by atoms with van der Waals surface area (Å²) in [6.45, 7) is 3.35. The Hall–Kier alpha value is 0.160. The summed E-state index contributed by atoms with van der Waals surface area (Å²) in [5.74, 6) is 0. The van der Waals surface area contributed by atoms with Gasteiger partial charge in [-0.05, 0) is 19.3 Å². The average molecular weight is 294 g/mol. The van der Waals surface area contributed by atoms with E-state index in [1.807, 2.05) is 11.3 Å². The van der Waals surface area contributed by atoms with Gasteiger partial charge in [-0.1, -0.05) is 6.92 Å². The smallest absolute Gasteiger partial charge is 0.123 e. The normalized spacial score (nSPS) is 16.3. The molecule has 0 aromatic carbocycles. The van der Waals surface area contributed by atoms with Gasteiger partial charge in [0.2, 0.25) is 0 Å². The summed E-state index contributed by atoms with van der Waals surface area (Å²) < 4.78 is 2.30. The lowest BCUT2D eigenvalue weighted by atomic mass is 10.2. The fourth-order valence-corrected chi connectivity index (χ4v) is 3.28. The molecule has 0 amide bonds. The van der Waals surface area contributed by atoms with E-state index >= 15 is 0 Å². The number of aromatic nitrogens is 1. The number of anilines is 1. The maximum atomic E-state index is 4.59. The highest BCUT2D eigenvalue weighted by Crippen LogP contribution is 2.35. The highest BCUT2D eigenvalue weighted by Gasteiger charge is 2.19. The lowest BCUT2D eigenvalue weighted by Gasteiger charge is -2.19. The minimum absolute atomic E-state index is 1.07. The molecule has 0 bridgehead atoms. The Bertz CT molecular complexity index is 285. The average Bonchev–Trinajstić information content (AvgIpc) is 2.49. The van der Waals surface area contributed by atoms with Crippen LogP contribution in [-0.4, -0.2) is 11.5 Å². The Kier molecular flexibility index (Phi) is 2.55. The summed E-state index contributed by atoms with van der Waals surface area (Å²) in [6, 6.07) is 0. The van der Waals surface area contributed by atoms with Gasteiger partial charge in [0, 0.05) is 6.54 Å². The Morgan fingerprint density at radius 3 is 3.17 bits per heavy atom. The summed E-state index contributed by atoms with van der Waals surface area (Å²) in [4.78, 5) is 4.59. The van der Waals surface area contributed by atoms with Gasteiger partial charge in [-0.25, -0.2) is 4.98 Å². The Morgan fingerprint density at radius 2 is 2.50 bits per heavy atom. The first-order valence-corrected chi connectivity index (χ1v) is 6.01. The van der Waals surface area contributed by atoms with Crippen molar-refractivity contribution in [1.82, 2.24) is 4.98 Å². The van der Waals surface area contributed by atoms with Crippen molar-refractivity contribution in [3.8, 4) is 0 Å². The molecule has 0 fully saturated rings. The Morgan fingerprint density at radius 1 is 1.67 bits per heavy atom. The van der Waals surface area contributed by atoms with E-state index in [9.17, 15) is 0 Å². The predicted octanol–water partition coefficient (Wildman–Crippen LogP) is 2.81. The molecular formula is C8H11IN2S. The van der Waals surface area contributed by atoms with Crippen LogP contribution in [0.15, 0.2) is 0 Å². The number of rotatable bonds is 1. The number of halogens is 1. The maximum Gasteiger partial charge on any atom is 0.123 e. The van der Waals surface area contributed by atoms with Crippen LogP contribution < -0.4 is 3.11 Å². The number of aryl methyl sites for hydroxylation is 2. The fourth-order valence-electron chi connectivity index (χ4n) is 1.38.